The van der Waals surface area contributed by atoms with Gasteiger partial charge in [0.15, 0.2) is 12.6 Å². The third kappa shape index (κ3) is 5.31. The molecule has 0 bridgehead atoms. The van der Waals surface area contributed by atoms with Crippen molar-refractivity contribution in [1.29, 1.82) is 0 Å². The molecule has 0 radical (unpaired) electrons. The molecule has 144 valence electrons. The van der Waals surface area contributed by atoms with Gasteiger partial charge in [-0.3, -0.25) is 9.59 Å². The minimum atomic E-state index is -0.257. The Balaban J connectivity index is 1.88. The maximum Gasteiger partial charge on any atom is 0.279 e. The van der Waals surface area contributed by atoms with Gasteiger partial charge in [-0.15, -0.1) is 0 Å². The number of amides is 2. The number of para-hydroxylation sites is 1. The molecule has 4 atom stereocenters. The summed E-state index contributed by atoms with van der Waals surface area (Å²) in [6, 6.07) is 5.97. The highest BCUT2D eigenvalue weighted by molar-refractivity contribution is 5.93. The number of benzene rings is 1. The summed E-state index contributed by atoms with van der Waals surface area (Å²) in [6.45, 7) is 8.34. The number of anilines is 1. The van der Waals surface area contributed by atoms with Crippen LogP contribution in [-0.4, -0.2) is 37.5 Å². The Morgan fingerprint density at radius 3 is 2.42 bits per heavy atom. The summed E-state index contributed by atoms with van der Waals surface area (Å²) < 4.78 is 0. The van der Waals surface area contributed by atoms with Crippen molar-refractivity contribution in [2.24, 2.45) is 5.92 Å². The maximum atomic E-state index is 12.6. The summed E-state index contributed by atoms with van der Waals surface area (Å²) >= 11 is 0. The fraction of sp³-hybridized carbons (Fsp3) is 0.619. The van der Waals surface area contributed by atoms with E-state index in [-0.39, 0.29) is 30.4 Å². The fourth-order valence-electron chi connectivity index (χ4n) is 3.66. The van der Waals surface area contributed by atoms with Crippen molar-refractivity contribution in [3.8, 4) is 0 Å². The van der Waals surface area contributed by atoms with Gasteiger partial charge in [0.1, 0.15) is 0 Å². The number of hydrogen-bond acceptors (Lipinski definition) is 2. The minimum absolute atomic E-state index is 0.0427. The molecule has 1 aromatic carbocycles. The highest BCUT2D eigenvalue weighted by Gasteiger charge is 2.29. The molecule has 1 aliphatic carbocycles. The summed E-state index contributed by atoms with van der Waals surface area (Å²) in [5.41, 5.74) is 2.97. The minimum Gasteiger partial charge on any atom is -0.348 e. The van der Waals surface area contributed by atoms with Crippen molar-refractivity contribution in [2.75, 3.05) is 18.9 Å². The fourth-order valence-corrected chi connectivity index (χ4v) is 3.66. The number of carbonyl (C=O) groups excluding carboxylic acids is 2. The normalized spacial score (nSPS) is 22.3. The molecular weight excluding hydrogens is 326 g/mol. The van der Waals surface area contributed by atoms with Gasteiger partial charge in [0.25, 0.3) is 11.8 Å². The van der Waals surface area contributed by atoms with Crippen LogP contribution in [0.3, 0.4) is 0 Å². The van der Waals surface area contributed by atoms with Gasteiger partial charge in [0.2, 0.25) is 0 Å². The van der Waals surface area contributed by atoms with Gasteiger partial charge < -0.3 is 15.5 Å². The average molecular weight is 361 g/mol. The maximum absolute atomic E-state index is 12.6. The van der Waals surface area contributed by atoms with E-state index in [1.54, 1.807) is 0 Å². The summed E-state index contributed by atoms with van der Waals surface area (Å²) in [5.74, 6) is 0.513. The molecule has 1 aliphatic rings. The zero-order valence-electron chi connectivity index (χ0n) is 16.8. The van der Waals surface area contributed by atoms with E-state index >= 15 is 0 Å². The van der Waals surface area contributed by atoms with Crippen molar-refractivity contribution in [1.82, 2.24) is 5.32 Å². The van der Waals surface area contributed by atoms with Crippen LogP contribution in [-0.2, 0) is 9.59 Å². The summed E-state index contributed by atoms with van der Waals surface area (Å²) in [6.07, 6.45) is 4.68. The highest BCUT2D eigenvalue weighted by Crippen LogP contribution is 2.23. The lowest BCUT2D eigenvalue weighted by atomic mass is 9.86. The van der Waals surface area contributed by atoms with Crippen molar-refractivity contribution in [3.05, 3.63) is 29.3 Å². The van der Waals surface area contributed by atoms with Gasteiger partial charge in [-0.25, -0.2) is 0 Å². The number of likely N-dealkylation sites (N-methyl/N-ethyl adjacent to an activating group) is 1. The van der Waals surface area contributed by atoms with Crippen LogP contribution in [0.4, 0.5) is 5.69 Å². The van der Waals surface area contributed by atoms with E-state index in [0.717, 1.165) is 28.1 Å². The molecule has 0 heterocycles. The Hall–Kier alpha value is -1.88. The predicted octanol–water partition coefficient (Wildman–Crippen LogP) is 1.84. The van der Waals surface area contributed by atoms with E-state index in [0.29, 0.717) is 5.92 Å². The molecule has 1 fully saturated rings. The Bertz CT molecular complexity index is 624. The van der Waals surface area contributed by atoms with Crippen LogP contribution in [0.1, 0.15) is 50.7 Å². The number of quaternary nitrogens is 1. The lowest BCUT2D eigenvalue weighted by Crippen LogP contribution is -3.15. The number of nitrogens with one attached hydrogen (secondary N) is 3. The molecule has 2 amide bonds. The molecule has 3 N–H and O–H groups in total. The number of aryl methyl sites for hydroxylation is 2. The summed E-state index contributed by atoms with van der Waals surface area (Å²) in [4.78, 5) is 25.9. The summed E-state index contributed by atoms with van der Waals surface area (Å²) in [7, 11) is 1.90. The van der Waals surface area contributed by atoms with E-state index in [1.807, 2.05) is 46.0 Å². The molecule has 2 rings (SSSR count). The number of hydrogen-bond donors (Lipinski definition) is 3. The van der Waals surface area contributed by atoms with Crippen LogP contribution in [0.2, 0.25) is 0 Å². The molecule has 5 nitrogen and oxygen atoms in total. The molecule has 1 unspecified atom stereocenters. The van der Waals surface area contributed by atoms with Gasteiger partial charge in [-0.2, -0.15) is 0 Å². The Labute approximate surface area is 157 Å². The van der Waals surface area contributed by atoms with Crippen LogP contribution >= 0.6 is 0 Å². The first-order valence-electron chi connectivity index (χ1n) is 9.78. The van der Waals surface area contributed by atoms with Gasteiger partial charge in [0, 0.05) is 11.7 Å². The Morgan fingerprint density at radius 2 is 1.81 bits per heavy atom. The molecule has 0 spiro atoms. The monoisotopic (exact) mass is 360 g/mol. The van der Waals surface area contributed by atoms with Gasteiger partial charge in [-0.05, 0) is 50.7 Å². The molecule has 0 saturated heterocycles. The zero-order chi connectivity index (χ0) is 19.3. The van der Waals surface area contributed by atoms with Crippen LogP contribution in [0.15, 0.2) is 18.2 Å². The molecule has 0 aromatic heterocycles. The van der Waals surface area contributed by atoms with Crippen LogP contribution < -0.4 is 15.5 Å². The van der Waals surface area contributed by atoms with Gasteiger partial charge in [0.05, 0.1) is 7.05 Å². The lowest BCUT2D eigenvalue weighted by Gasteiger charge is -2.31. The van der Waals surface area contributed by atoms with Gasteiger partial charge in [-0.1, -0.05) is 38.0 Å². The Kier molecular flexibility index (Phi) is 7.21. The van der Waals surface area contributed by atoms with Crippen LogP contribution in [0, 0.1) is 19.8 Å². The zero-order valence-corrected chi connectivity index (χ0v) is 16.8. The van der Waals surface area contributed by atoms with Crippen molar-refractivity contribution in [2.45, 2.75) is 65.5 Å². The number of rotatable bonds is 6. The Morgan fingerprint density at radius 1 is 1.19 bits per heavy atom. The quantitative estimate of drug-likeness (QED) is 0.725. The molecular formula is C21H34N3O2+. The highest BCUT2D eigenvalue weighted by atomic mass is 16.2. The second kappa shape index (κ2) is 9.17. The van der Waals surface area contributed by atoms with Crippen molar-refractivity contribution in [3.63, 3.8) is 0 Å². The van der Waals surface area contributed by atoms with Gasteiger partial charge >= 0.3 is 0 Å². The van der Waals surface area contributed by atoms with Crippen LogP contribution in [0.25, 0.3) is 0 Å². The van der Waals surface area contributed by atoms with E-state index in [2.05, 4.69) is 17.6 Å². The van der Waals surface area contributed by atoms with E-state index < -0.39 is 0 Å². The van der Waals surface area contributed by atoms with E-state index in [1.165, 1.54) is 19.3 Å². The first-order valence-corrected chi connectivity index (χ1v) is 9.78. The smallest absolute Gasteiger partial charge is 0.279 e. The van der Waals surface area contributed by atoms with Crippen molar-refractivity contribution >= 4 is 17.5 Å². The molecule has 26 heavy (non-hydrogen) atoms. The van der Waals surface area contributed by atoms with Crippen molar-refractivity contribution < 1.29 is 14.5 Å². The second-order valence-corrected chi connectivity index (χ2v) is 7.94. The summed E-state index contributed by atoms with van der Waals surface area (Å²) in [5, 5.41) is 6.20. The molecule has 0 aliphatic heterocycles. The molecule has 1 saturated carbocycles. The topological polar surface area (TPSA) is 62.6 Å². The van der Waals surface area contributed by atoms with E-state index in [4.69, 9.17) is 0 Å². The SMILES string of the molecule is Cc1cccc(C)c1NC(=O)C[NH+](C)[C@@H](C)C(=O)N[C@@H]1CCCC[C@@H]1C. The standard InChI is InChI=1S/C21H33N3O2/c1-14-9-6-7-12-18(14)22-21(26)17(4)24(5)13-19(25)23-20-15(2)10-8-11-16(20)3/h8,10-11,14,17-18H,6-7,9,12-13H2,1-5H3,(H,22,26)(H,23,25)/p+1/t14-,17-,18+/m0/s1. The lowest BCUT2D eigenvalue weighted by molar-refractivity contribution is -0.885. The first-order chi connectivity index (χ1) is 12.3. The third-order valence-corrected chi connectivity index (χ3v) is 5.76. The molecule has 1 aromatic rings. The van der Waals surface area contributed by atoms with E-state index in [9.17, 15) is 9.59 Å². The number of carbonyl (C=O) groups is 2. The third-order valence-electron chi connectivity index (χ3n) is 5.76. The first kappa shape index (κ1) is 20.4. The molecule has 5 heteroatoms. The predicted molar refractivity (Wildman–Crippen MR) is 105 cm³/mol. The second-order valence-electron chi connectivity index (χ2n) is 7.94. The van der Waals surface area contributed by atoms with Crippen LogP contribution in [0.5, 0.6) is 0 Å². The largest absolute Gasteiger partial charge is 0.348 e. The average Bonchev–Trinajstić information content (AvgIpc) is 2.59.